The molecule has 2 rings (SSSR count). The lowest BCUT2D eigenvalue weighted by atomic mass is 10.1. The molecule has 0 aliphatic carbocycles. The number of hydrogen-bond acceptors (Lipinski definition) is 3. The first-order valence-electron chi connectivity index (χ1n) is 5.35. The predicted molar refractivity (Wildman–Crippen MR) is 56.4 cm³/mol. The summed E-state index contributed by atoms with van der Waals surface area (Å²) in [6, 6.07) is 4.17. The molecule has 0 saturated heterocycles. The maximum atomic E-state index is 11.4. The summed E-state index contributed by atoms with van der Waals surface area (Å²) in [5, 5.41) is 3.33. The minimum atomic E-state index is -0.135. The third-order valence-electron chi connectivity index (χ3n) is 2.64. The maximum Gasteiger partial charge on any atom is 0.307 e. The highest BCUT2D eigenvalue weighted by Crippen LogP contribution is 2.21. The Hall–Kier alpha value is -1.29. The van der Waals surface area contributed by atoms with E-state index in [0.717, 1.165) is 13.1 Å². The average Bonchev–Trinajstić information content (AvgIpc) is 2.67. The van der Waals surface area contributed by atoms with Crippen LogP contribution in [0.5, 0.6) is 0 Å². The van der Waals surface area contributed by atoms with Crippen molar-refractivity contribution in [2.45, 2.75) is 25.9 Å². The second-order valence-corrected chi connectivity index (χ2v) is 3.64. The average molecular weight is 208 g/mol. The fourth-order valence-corrected chi connectivity index (χ4v) is 1.97. The van der Waals surface area contributed by atoms with Crippen molar-refractivity contribution in [3.05, 3.63) is 24.0 Å². The third-order valence-corrected chi connectivity index (χ3v) is 2.64. The Bertz CT molecular complexity index is 346. The smallest absolute Gasteiger partial charge is 0.307 e. The first-order chi connectivity index (χ1) is 7.31. The summed E-state index contributed by atoms with van der Waals surface area (Å²) in [6.07, 6.45) is 2.46. The molecule has 0 fully saturated rings. The molecule has 0 saturated carbocycles. The molecular weight excluding hydrogens is 192 g/mol. The Morgan fingerprint density at radius 2 is 2.60 bits per heavy atom. The highest BCUT2D eigenvalue weighted by atomic mass is 16.5. The molecule has 1 aromatic heterocycles. The van der Waals surface area contributed by atoms with Gasteiger partial charge in [0.1, 0.15) is 0 Å². The molecule has 0 amide bonds. The highest BCUT2D eigenvalue weighted by molar-refractivity contribution is 5.70. The second-order valence-electron chi connectivity index (χ2n) is 3.64. The summed E-state index contributed by atoms with van der Waals surface area (Å²) >= 11 is 0. The van der Waals surface area contributed by atoms with Crippen molar-refractivity contribution in [2.24, 2.45) is 0 Å². The van der Waals surface area contributed by atoms with Gasteiger partial charge in [0, 0.05) is 25.0 Å². The molecule has 1 aliphatic heterocycles. The van der Waals surface area contributed by atoms with Crippen LogP contribution in [0, 0.1) is 0 Å². The number of nitrogens with one attached hydrogen (secondary N) is 1. The van der Waals surface area contributed by atoms with Gasteiger partial charge in [-0.1, -0.05) is 0 Å². The molecule has 1 atom stereocenters. The number of aromatic nitrogens is 1. The van der Waals surface area contributed by atoms with E-state index in [0.29, 0.717) is 13.0 Å². The standard InChI is InChI=1S/C11H16N2O2/c1-2-15-11(14)8-9-10-4-3-6-13(10)7-5-12-9/h3-4,6,9,12H,2,5,7-8H2,1H3. The molecule has 1 aromatic rings. The Kier molecular flexibility index (Phi) is 3.06. The third kappa shape index (κ3) is 2.21. The van der Waals surface area contributed by atoms with E-state index in [9.17, 15) is 4.79 Å². The monoisotopic (exact) mass is 208 g/mol. The molecule has 15 heavy (non-hydrogen) atoms. The minimum absolute atomic E-state index is 0.104. The van der Waals surface area contributed by atoms with Crippen molar-refractivity contribution >= 4 is 5.97 Å². The van der Waals surface area contributed by atoms with E-state index in [-0.39, 0.29) is 12.0 Å². The van der Waals surface area contributed by atoms with E-state index in [2.05, 4.69) is 16.0 Å². The van der Waals surface area contributed by atoms with Crippen LogP contribution in [0.3, 0.4) is 0 Å². The summed E-state index contributed by atoms with van der Waals surface area (Å²) in [7, 11) is 0. The van der Waals surface area contributed by atoms with Gasteiger partial charge in [-0.3, -0.25) is 4.79 Å². The van der Waals surface area contributed by atoms with E-state index < -0.39 is 0 Å². The van der Waals surface area contributed by atoms with E-state index in [1.807, 2.05) is 19.2 Å². The second kappa shape index (κ2) is 4.49. The van der Waals surface area contributed by atoms with Crippen molar-refractivity contribution in [2.75, 3.05) is 13.2 Å². The van der Waals surface area contributed by atoms with Gasteiger partial charge >= 0.3 is 5.97 Å². The van der Waals surface area contributed by atoms with Crippen LogP contribution in [0.1, 0.15) is 25.1 Å². The number of nitrogens with zero attached hydrogens (tertiary/aromatic N) is 1. The van der Waals surface area contributed by atoms with E-state index in [1.165, 1.54) is 5.69 Å². The fraction of sp³-hybridized carbons (Fsp3) is 0.545. The van der Waals surface area contributed by atoms with Crippen LogP contribution < -0.4 is 5.32 Å². The van der Waals surface area contributed by atoms with Gasteiger partial charge in [-0.25, -0.2) is 0 Å². The molecular formula is C11H16N2O2. The molecule has 82 valence electrons. The van der Waals surface area contributed by atoms with E-state index in [4.69, 9.17) is 4.74 Å². The zero-order chi connectivity index (χ0) is 10.7. The van der Waals surface area contributed by atoms with Gasteiger partial charge < -0.3 is 14.6 Å². The van der Waals surface area contributed by atoms with Crippen LogP contribution in [0.2, 0.25) is 0 Å². The molecule has 4 heteroatoms. The Morgan fingerprint density at radius 1 is 1.73 bits per heavy atom. The summed E-state index contributed by atoms with van der Waals surface area (Å²) in [6.45, 7) is 4.16. The maximum absolute atomic E-state index is 11.4. The lowest BCUT2D eigenvalue weighted by Gasteiger charge is -2.25. The van der Waals surface area contributed by atoms with E-state index in [1.54, 1.807) is 0 Å². The zero-order valence-electron chi connectivity index (χ0n) is 8.90. The molecule has 1 aliphatic rings. The molecule has 0 bridgehead atoms. The summed E-state index contributed by atoms with van der Waals surface area (Å²) in [5.41, 5.74) is 1.18. The molecule has 4 nitrogen and oxygen atoms in total. The largest absolute Gasteiger partial charge is 0.466 e. The van der Waals surface area contributed by atoms with Crippen molar-refractivity contribution < 1.29 is 9.53 Å². The van der Waals surface area contributed by atoms with Crippen LogP contribution in [0.25, 0.3) is 0 Å². The van der Waals surface area contributed by atoms with Crippen molar-refractivity contribution in [1.29, 1.82) is 0 Å². The molecule has 0 spiro atoms. The zero-order valence-corrected chi connectivity index (χ0v) is 8.90. The molecule has 2 heterocycles. The normalized spacial score (nSPS) is 19.7. The van der Waals surface area contributed by atoms with Crippen LogP contribution in [0.15, 0.2) is 18.3 Å². The SMILES string of the molecule is CCOC(=O)CC1NCCn2cccc21. The Morgan fingerprint density at radius 3 is 3.40 bits per heavy atom. The topological polar surface area (TPSA) is 43.3 Å². The van der Waals surface area contributed by atoms with Crippen molar-refractivity contribution in [3.63, 3.8) is 0 Å². The fourth-order valence-electron chi connectivity index (χ4n) is 1.97. The highest BCUT2D eigenvalue weighted by Gasteiger charge is 2.22. The molecule has 1 N–H and O–H groups in total. The van der Waals surface area contributed by atoms with Crippen LogP contribution in [-0.4, -0.2) is 23.7 Å². The van der Waals surface area contributed by atoms with Gasteiger partial charge in [-0.05, 0) is 19.1 Å². The van der Waals surface area contributed by atoms with Gasteiger partial charge in [0.05, 0.1) is 19.1 Å². The lowest BCUT2D eigenvalue weighted by Crippen LogP contribution is -2.34. The van der Waals surface area contributed by atoms with Gasteiger partial charge in [-0.2, -0.15) is 0 Å². The summed E-state index contributed by atoms with van der Waals surface area (Å²) in [5.74, 6) is -0.135. The first kappa shape index (κ1) is 10.2. The molecule has 1 unspecified atom stereocenters. The number of rotatable bonds is 3. The van der Waals surface area contributed by atoms with Crippen LogP contribution >= 0.6 is 0 Å². The van der Waals surface area contributed by atoms with Crippen molar-refractivity contribution in [3.8, 4) is 0 Å². The Labute approximate surface area is 89.2 Å². The first-order valence-corrected chi connectivity index (χ1v) is 5.35. The van der Waals surface area contributed by atoms with Crippen LogP contribution in [0.4, 0.5) is 0 Å². The van der Waals surface area contributed by atoms with Gasteiger partial charge in [0.2, 0.25) is 0 Å². The number of esters is 1. The minimum Gasteiger partial charge on any atom is -0.466 e. The van der Waals surface area contributed by atoms with E-state index >= 15 is 0 Å². The number of ether oxygens (including phenoxy) is 1. The summed E-state index contributed by atoms with van der Waals surface area (Å²) in [4.78, 5) is 11.4. The number of fused-ring (bicyclic) bond motifs is 1. The quantitative estimate of drug-likeness (QED) is 0.756. The van der Waals surface area contributed by atoms with Crippen molar-refractivity contribution in [1.82, 2.24) is 9.88 Å². The Balaban J connectivity index is 2.03. The van der Waals surface area contributed by atoms with Crippen LogP contribution in [-0.2, 0) is 16.1 Å². The lowest BCUT2D eigenvalue weighted by molar-refractivity contribution is -0.143. The molecule has 0 radical (unpaired) electrons. The predicted octanol–water partition coefficient (Wildman–Crippen LogP) is 1.09. The summed E-state index contributed by atoms with van der Waals surface area (Å²) < 4.78 is 7.13. The number of carbonyl (C=O) groups excluding carboxylic acids is 1. The number of hydrogen-bond donors (Lipinski definition) is 1. The van der Waals surface area contributed by atoms with Gasteiger partial charge in [0.25, 0.3) is 0 Å². The number of carbonyl (C=O) groups is 1. The molecule has 0 aromatic carbocycles. The van der Waals surface area contributed by atoms with Gasteiger partial charge in [0.15, 0.2) is 0 Å². The van der Waals surface area contributed by atoms with Gasteiger partial charge in [-0.15, -0.1) is 0 Å².